The van der Waals surface area contributed by atoms with E-state index in [9.17, 15) is 18.0 Å². The van der Waals surface area contributed by atoms with E-state index in [1.165, 1.54) is 12.4 Å². The number of alkyl halides is 3. The molecular formula is C9H11F3N2O. The highest BCUT2D eigenvalue weighted by Crippen LogP contribution is 2.22. The highest BCUT2D eigenvalue weighted by molar-refractivity contribution is 5.66. The van der Waals surface area contributed by atoms with E-state index < -0.39 is 18.1 Å². The van der Waals surface area contributed by atoms with E-state index >= 15 is 0 Å². The van der Waals surface area contributed by atoms with Crippen molar-refractivity contribution in [1.82, 2.24) is 9.78 Å². The summed E-state index contributed by atoms with van der Waals surface area (Å²) in [5.74, 6) is 0. The first-order valence-electron chi connectivity index (χ1n) is 4.30. The average molecular weight is 220 g/mol. The molecule has 6 heteroatoms. The van der Waals surface area contributed by atoms with Crippen LogP contribution in [-0.2, 0) is 16.8 Å². The van der Waals surface area contributed by atoms with Crippen LogP contribution < -0.4 is 0 Å². The van der Waals surface area contributed by atoms with Gasteiger partial charge in [-0.15, -0.1) is 0 Å². The third kappa shape index (κ3) is 3.07. The zero-order valence-corrected chi connectivity index (χ0v) is 8.38. The molecule has 0 unspecified atom stereocenters. The lowest BCUT2D eigenvalue weighted by Crippen LogP contribution is -2.19. The van der Waals surface area contributed by atoms with Gasteiger partial charge < -0.3 is 4.79 Å². The standard InChI is InChI=1S/C9H11F3N2O/c1-8(2,6-15)7-3-13-14(4-7)5-9(10,11)12/h3-4,6H,5H2,1-2H3. The van der Waals surface area contributed by atoms with Gasteiger partial charge in [-0.2, -0.15) is 18.3 Å². The molecule has 0 bridgehead atoms. The van der Waals surface area contributed by atoms with E-state index in [0.29, 0.717) is 11.8 Å². The molecule has 0 aliphatic heterocycles. The second kappa shape index (κ2) is 3.67. The first kappa shape index (κ1) is 11.7. The number of halogens is 3. The van der Waals surface area contributed by atoms with Crippen LogP contribution in [-0.4, -0.2) is 22.2 Å². The summed E-state index contributed by atoms with van der Waals surface area (Å²) >= 11 is 0. The minimum absolute atomic E-state index is 0.474. The summed E-state index contributed by atoms with van der Waals surface area (Å²) in [6.45, 7) is 2.10. The molecule has 1 aromatic rings. The molecule has 3 nitrogen and oxygen atoms in total. The Morgan fingerprint density at radius 2 is 2.07 bits per heavy atom. The van der Waals surface area contributed by atoms with Gasteiger partial charge in [-0.1, -0.05) is 0 Å². The fraction of sp³-hybridized carbons (Fsp3) is 0.556. The average Bonchev–Trinajstić information content (AvgIpc) is 2.50. The van der Waals surface area contributed by atoms with Crippen molar-refractivity contribution in [3.05, 3.63) is 18.0 Å². The van der Waals surface area contributed by atoms with Crippen LogP contribution in [0.15, 0.2) is 12.4 Å². The molecule has 0 spiro atoms. The van der Waals surface area contributed by atoms with Crippen LogP contribution in [0.1, 0.15) is 19.4 Å². The Morgan fingerprint density at radius 1 is 1.47 bits per heavy atom. The molecule has 15 heavy (non-hydrogen) atoms. The Hall–Kier alpha value is -1.33. The maximum absolute atomic E-state index is 12.0. The van der Waals surface area contributed by atoms with Crippen molar-refractivity contribution in [2.45, 2.75) is 32.0 Å². The maximum atomic E-state index is 12.0. The van der Waals surface area contributed by atoms with Crippen molar-refractivity contribution in [2.75, 3.05) is 0 Å². The van der Waals surface area contributed by atoms with Crippen LogP contribution in [0.25, 0.3) is 0 Å². The van der Waals surface area contributed by atoms with Crippen molar-refractivity contribution >= 4 is 6.29 Å². The number of aldehydes is 1. The van der Waals surface area contributed by atoms with Gasteiger partial charge in [-0.25, -0.2) is 0 Å². The number of carbonyl (C=O) groups is 1. The molecule has 0 saturated carbocycles. The van der Waals surface area contributed by atoms with E-state index in [-0.39, 0.29) is 0 Å². The summed E-state index contributed by atoms with van der Waals surface area (Å²) in [5, 5.41) is 3.55. The van der Waals surface area contributed by atoms with Crippen molar-refractivity contribution in [3.8, 4) is 0 Å². The smallest absolute Gasteiger partial charge is 0.302 e. The molecule has 0 atom stereocenters. The maximum Gasteiger partial charge on any atom is 0.408 e. The Morgan fingerprint density at radius 3 is 2.53 bits per heavy atom. The fourth-order valence-corrected chi connectivity index (χ4v) is 1.03. The minimum atomic E-state index is -4.30. The first-order chi connectivity index (χ1) is 6.74. The van der Waals surface area contributed by atoms with Crippen molar-refractivity contribution in [3.63, 3.8) is 0 Å². The molecule has 1 rings (SSSR count). The normalized spacial score (nSPS) is 12.9. The van der Waals surface area contributed by atoms with Gasteiger partial charge in [0.2, 0.25) is 0 Å². The molecule has 0 amide bonds. The Labute approximate surface area is 84.9 Å². The van der Waals surface area contributed by atoms with Gasteiger partial charge in [0, 0.05) is 17.2 Å². The Kier molecular flexibility index (Phi) is 2.88. The summed E-state index contributed by atoms with van der Waals surface area (Å²) in [6.07, 6.45) is -1.10. The predicted octanol–water partition coefficient (Wildman–Crippen LogP) is 1.92. The Bertz CT molecular complexity index is 354. The van der Waals surface area contributed by atoms with E-state index in [1.54, 1.807) is 13.8 Å². The summed E-state index contributed by atoms with van der Waals surface area (Å²) in [4.78, 5) is 10.7. The second-order valence-electron chi connectivity index (χ2n) is 3.88. The molecule has 0 aromatic carbocycles. The lowest BCUT2D eigenvalue weighted by atomic mass is 9.89. The van der Waals surface area contributed by atoms with Gasteiger partial charge in [0.1, 0.15) is 12.8 Å². The molecule has 0 aliphatic rings. The van der Waals surface area contributed by atoms with Gasteiger partial charge in [0.05, 0.1) is 6.20 Å². The highest BCUT2D eigenvalue weighted by Gasteiger charge is 2.29. The van der Waals surface area contributed by atoms with E-state index in [0.717, 1.165) is 4.68 Å². The molecular weight excluding hydrogens is 209 g/mol. The SMILES string of the molecule is CC(C)(C=O)c1cnn(CC(F)(F)F)c1. The van der Waals surface area contributed by atoms with Crippen LogP contribution >= 0.6 is 0 Å². The predicted molar refractivity (Wildman–Crippen MR) is 47.4 cm³/mol. The number of nitrogens with zero attached hydrogens (tertiary/aromatic N) is 2. The van der Waals surface area contributed by atoms with Gasteiger partial charge in [0.15, 0.2) is 0 Å². The molecule has 0 radical (unpaired) electrons. The van der Waals surface area contributed by atoms with E-state index in [1.807, 2.05) is 0 Å². The van der Waals surface area contributed by atoms with Crippen LogP contribution in [0.2, 0.25) is 0 Å². The highest BCUT2D eigenvalue weighted by atomic mass is 19.4. The molecule has 1 heterocycles. The molecule has 84 valence electrons. The minimum Gasteiger partial charge on any atom is -0.302 e. The van der Waals surface area contributed by atoms with Crippen LogP contribution in [0.5, 0.6) is 0 Å². The monoisotopic (exact) mass is 220 g/mol. The van der Waals surface area contributed by atoms with Crippen LogP contribution in [0.4, 0.5) is 13.2 Å². The van der Waals surface area contributed by atoms with E-state index in [4.69, 9.17) is 0 Å². The topological polar surface area (TPSA) is 34.9 Å². The fourth-order valence-electron chi connectivity index (χ4n) is 1.03. The summed E-state index contributed by atoms with van der Waals surface area (Å²) < 4.78 is 36.8. The number of aromatic nitrogens is 2. The number of hydrogen-bond donors (Lipinski definition) is 0. The van der Waals surface area contributed by atoms with Gasteiger partial charge in [0.25, 0.3) is 0 Å². The summed E-state index contributed by atoms with van der Waals surface area (Å²) in [7, 11) is 0. The molecule has 0 saturated heterocycles. The largest absolute Gasteiger partial charge is 0.408 e. The third-order valence-corrected chi connectivity index (χ3v) is 2.01. The molecule has 0 fully saturated rings. The molecule has 0 aliphatic carbocycles. The molecule has 0 N–H and O–H groups in total. The number of carbonyl (C=O) groups excluding carboxylic acids is 1. The quantitative estimate of drug-likeness (QED) is 0.729. The van der Waals surface area contributed by atoms with Crippen LogP contribution in [0.3, 0.4) is 0 Å². The van der Waals surface area contributed by atoms with E-state index in [2.05, 4.69) is 5.10 Å². The Balaban J connectivity index is 2.86. The van der Waals surface area contributed by atoms with Crippen molar-refractivity contribution in [2.24, 2.45) is 0 Å². The molecule has 1 aromatic heterocycles. The van der Waals surface area contributed by atoms with Crippen molar-refractivity contribution in [1.29, 1.82) is 0 Å². The first-order valence-corrected chi connectivity index (χ1v) is 4.30. The van der Waals surface area contributed by atoms with Crippen LogP contribution in [0, 0.1) is 0 Å². The lowest BCUT2D eigenvalue weighted by molar-refractivity contribution is -0.142. The number of rotatable bonds is 3. The zero-order chi connectivity index (χ0) is 11.7. The van der Waals surface area contributed by atoms with Crippen molar-refractivity contribution < 1.29 is 18.0 Å². The zero-order valence-electron chi connectivity index (χ0n) is 8.38. The van der Waals surface area contributed by atoms with Gasteiger partial charge >= 0.3 is 6.18 Å². The third-order valence-electron chi connectivity index (χ3n) is 2.01. The number of hydrogen-bond acceptors (Lipinski definition) is 2. The lowest BCUT2D eigenvalue weighted by Gasteiger charge is -2.13. The summed E-state index contributed by atoms with van der Waals surface area (Å²) in [5.41, 5.74) is -0.328. The van der Waals surface area contributed by atoms with Gasteiger partial charge in [-0.3, -0.25) is 4.68 Å². The second-order valence-corrected chi connectivity index (χ2v) is 3.88. The van der Waals surface area contributed by atoms with Gasteiger partial charge in [-0.05, 0) is 13.8 Å². The summed E-state index contributed by atoms with van der Waals surface area (Å²) in [6, 6.07) is 0.